The minimum Gasteiger partial charge on any atom is -0.361 e. The number of anilines is 1. The number of nitrogens with one attached hydrogen (secondary N) is 2. The molecule has 2 aromatic rings. The van der Waals surface area contributed by atoms with Gasteiger partial charge in [0, 0.05) is 6.04 Å². The molecule has 122 valence electrons. The highest BCUT2D eigenvalue weighted by atomic mass is 16.5. The molecule has 6 heteroatoms. The van der Waals surface area contributed by atoms with Crippen LogP contribution in [0.1, 0.15) is 52.4 Å². The summed E-state index contributed by atoms with van der Waals surface area (Å²) in [6.07, 6.45) is 0.833. The molecule has 2 rings (SSSR count). The van der Waals surface area contributed by atoms with Crippen molar-refractivity contribution in [3.8, 4) is 0 Å². The molecule has 1 heterocycles. The van der Waals surface area contributed by atoms with Crippen molar-refractivity contribution in [3.63, 3.8) is 0 Å². The number of rotatable bonds is 5. The maximum absolute atomic E-state index is 12.4. The summed E-state index contributed by atoms with van der Waals surface area (Å²) in [5.41, 5.74) is 1.79. The predicted molar refractivity (Wildman–Crippen MR) is 87.6 cm³/mol. The molecular weight excluding hydrogens is 294 g/mol. The standard InChI is InChI=1S/C17H21N3O3/c1-5-10(2)18-16(21)13-8-6-7-9-14(13)19-17(22)15-11(3)20-23-12(15)4/h6-10H,5H2,1-4H3,(H,18,21)(H,19,22)/t10-/m1/s1. The normalized spacial score (nSPS) is 11.8. The van der Waals surface area contributed by atoms with Gasteiger partial charge in [0.2, 0.25) is 0 Å². The van der Waals surface area contributed by atoms with Crippen LogP contribution in [0.25, 0.3) is 0 Å². The van der Waals surface area contributed by atoms with E-state index < -0.39 is 0 Å². The molecule has 0 aliphatic carbocycles. The van der Waals surface area contributed by atoms with E-state index in [0.29, 0.717) is 28.3 Å². The van der Waals surface area contributed by atoms with Gasteiger partial charge in [0.05, 0.1) is 16.9 Å². The van der Waals surface area contributed by atoms with Crippen molar-refractivity contribution in [2.24, 2.45) is 0 Å². The lowest BCUT2D eigenvalue weighted by Gasteiger charge is -2.14. The molecule has 2 N–H and O–H groups in total. The summed E-state index contributed by atoms with van der Waals surface area (Å²) in [6, 6.07) is 6.97. The second-order valence-electron chi connectivity index (χ2n) is 5.48. The number of aromatic nitrogens is 1. The lowest BCUT2D eigenvalue weighted by molar-refractivity contribution is 0.0940. The molecule has 0 aliphatic heterocycles. The van der Waals surface area contributed by atoms with E-state index in [9.17, 15) is 9.59 Å². The average molecular weight is 315 g/mol. The molecule has 0 aliphatic rings. The van der Waals surface area contributed by atoms with Crippen LogP contribution in [0.5, 0.6) is 0 Å². The fraction of sp³-hybridized carbons (Fsp3) is 0.353. The number of aryl methyl sites for hydroxylation is 2. The van der Waals surface area contributed by atoms with Crippen molar-refractivity contribution >= 4 is 17.5 Å². The molecular formula is C17H21N3O3. The van der Waals surface area contributed by atoms with Crippen molar-refractivity contribution in [2.45, 2.75) is 40.2 Å². The minimum absolute atomic E-state index is 0.0637. The SMILES string of the molecule is CC[C@@H](C)NC(=O)c1ccccc1NC(=O)c1c(C)noc1C. The highest BCUT2D eigenvalue weighted by molar-refractivity contribution is 6.09. The Morgan fingerprint density at radius 3 is 2.52 bits per heavy atom. The van der Waals surface area contributed by atoms with Gasteiger partial charge in [-0.1, -0.05) is 24.2 Å². The number of benzene rings is 1. The third-order valence-corrected chi connectivity index (χ3v) is 3.67. The monoisotopic (exact) mass is 315 g/mol. The van der Waals surface area contributed by atoms with Gasteiger partial charge in [-0.15, -0.1) is 0 Å². The first-order valence-electron chi connectivity index (χ1n) is 7.58. The second-order valence-corrected chi connectivity index (χ2v) is 5.48. The van der Waals surface area contributed by atoms with Crippen molar-refractivity contribution in [2.75, 3.05) is 5.32 Å². The summed E-state index contributed by atoms with van der Waals surface area (Å²) in [6.45, 7) is 7.31. The van der Waals surface area contributed by atoms with Crippen LogP contribution in [0, 0.1) is 13.8 Å². The van der Waals surface area contributed by atoms with Crippen LogP contribution in [-0.4, -0.2) is 23.0 Å². The minimum atomic E-state index is -0.343. The first-order valence-corrected chi connectivity index (χ1v) is 7.58. The number of carbonyl (C=O) groups excluding carboxylic acids is 2. The number of para-hydroxylation sites is 1. The highest BCUT2D eigenvalue weighted by Crippen LogP contribution is 2.19. The van der Waals surface area contributed by atoms with Gasteiger partial charge in [0.1, 0.15) is 11.3 Å². The van der Waals surface area contributed by atoms with E-state index in [-0.39, 0.29) is 17.9 Å². The van der Waals surface area contributed by atoms with Gasteiger partial charge >= 0.3 is 0 Å². The van der Waals surface area contributed by atoms with Crippen molar-refractivity contribution in [1.29, 1.82) is 0 Å². The summed E-state index contributed by atoms with van der Waals surface area (Å²) in [5.74, 6) is -0.111. The Bertz CT molecular complexity index is 702. The fourth-order valence-electron chi connectivity index (χ4n) is 2.19. The van der Waals surface area contributed by atoms with E-state index in [1.807, 2.05) is 13.8 Å². The Labute approximate surface area is 135 Å². The van der Waals surface area contributed by atoms with Crippen molar-refractivity contribution in [1.82, 2.24) is 10.5 Å². The fourth-order valence-corrected chi connectivity index (χ4v) is 2.19. The number of hydrogen-bond donors (Lipinski definition) is 2. The summed E-state index contributed by atoms with van der Waals surface area (Å²) < 4.78 is 5.01. The van der Waals surface area contributed by atoms with Gasteiger partial charge in [-0.05, 0) is 39.3 Å². The zero-order chi connectivity index (χ0) is 17.0. The van der Waals surface area contributed by atoms with Crippen LogP contribution in [0.3, 0.4) is 0 Å². The lowest BCUT2D eigenvalue weighted by Crippen LogP contribution is -2.32. The van der Waals surface area contributed by atoms with Crippen LogP contribution < -0.4 is 10.6 Å². The Morgan fingerprint density at radius 2 is 1.91 bits per heavy atom. The molecule has 0 radical (unpaired) electrons. The Balaban J connectivity index is 2.24. The zero-order valence-corrected chi connectivity index (χ0v) is 13.8. The van der Waals surface area contributed by atoms with E-state index in [2.05, 4.69) is 15.8 Å². The topological polar surface area (TPSA) is 84.2 Å². The first-order chi connectivity index (χ1) is 10.9. The van der Waals surface area contributed by atoms with Crippen molar-refractivity contribution < 1.29 is 14.1 Å². The summed E-state index contributed by atoms with van der Waals surface area (Å²) in [5, 5.41) is 9.43. The maximum Gasteiger partial charge on any atom is 0.261 e. The van der Waals surface area contributed by atoms with Crippen LogP contribution in [0.15, 0.2) is 28.8 Å². The second kappa shape index (κ2) is 7.09. The molecule has 0 bridgehead atoms. The quantitative estimate of drug-likeness (QED) is 0.888. The third kappa shape index (κ3) is 3.77. The van der Waals surface area contributed by atoms with Crippen LogP contribution in [-0.2, 0) is 0 Å². The predicted octanol–water partition coefficient (Wildman–Crippen LogP) is 3.07. The Kier molecular flexibility index (Phi) is 5.16. The zero-order valence-electron chi connectivity index (χ0n) is 13.8. The van der Waals surface area contributed by atoms with Gasteiger partial charge in [-0.3, -0.25) is 9.59 Å². The Hall–Kier alpha value is -2.63. The van der Waals surface area contributed by atoms with E-state index in [0.717, 1.165) is 6.42 Å². The van der Waals surface area contributed by atoms with E-state index in [4.69, 9.17) is 4.52 Å². The molecule has 0 fully saturated rings. The molecule has 1 aromatic carbocycles. The summed E-state index contributed by atoms with van der Waals surface area (Å²) >= 11 is 0. The van der Waals surface area contributed by atoms with Gasteiger partial charge < -0.3 is 15.2 Å². The molecule has 0 spiro atoms. The van der Waals surface area contributed by atoms with Crippen LogP contribution in [0.4, 0.5) is 5.69 Å². The number of carbonyl (C=O) groups is 2. The number of hydrogen-bond acceptors (Lipinski definition) is 4. The smallest absolute Gasteiger partial charge is 0.261 e. The molecule has 0 saturated heterocycles. The maximum atomic E-state index is 12.4. The van der Waals surface area contributed by atoms with E-state index in [1.54, 1.807) is 38.1 Å². The summed E-state index contributed by atoms with van der Waals surface area (Å²) in [4.78, 5) is 24.8. The average Bonchev–Trinajstić information content (AvgIpc) is 2.86. The van der Waals surface area contributed by atoms with Crippen molar-refractivity contribution in [3.05, 3.63) is 46.8 Å². The first kappa shape index (κ1) is 16.7. The van der Waals surface area contributed by atoms with Crippen LogP contribution >= 0.6 is 0 Å². The molecule has 0 unspecified atom stereocenters. The molecule has 2 amide bonds. The Morgan fingerprint density at radius 1 is 1.22 bits per heavy atom. The summed E-state index contributed by atoms with van der Waals surface area (Å²) in [7, 11) is 0. The molecule has 1 atom stereocenters. The highest BCUT2D eigenvalue weighted by Gasteiger charge is 2.20. The van der Waals surface area contributed by atoms with Gasteiger partial charge in [-0.25, -0.2) is 0 Å². The van der Waals surface area contributed by atoms with Gasteiger partial charge in [-0.2, -0.15) is 0 Å². The third-order valence-electron chi connectivity index (χ3n) is 3.67. The van der Waals surface area contributed by atoms with Crippen LogP contribution in [0.2, 0.25) is 0 Å². The molecule has 1 aromatic heterocycles. The number of amides is 2. The molecule has 23 heavy (non-hydrogen) atoms. The van der Waals surface area contributed by atoms with Gasteiger partial charge in [0.25, 0.3) is 11.8 Å². The molecule has 0 saturated carbocycles. The molecule has 6 nitrogen and oxygen atoms in total. The van der Waals surface area contributed by atoms with E-state index >= 15 is 0 Å². The van der Waals surface area contributed by atoms with E-state index in [1.165, 1.54) is 0 Å². The number of nitrogens with zero attached hydrogens (tertiary/aromatic N) is 1. The van der Waals surface area contributed by atoms with Gasteiger partial charge in [0.15, 0.2) is 0 Å². The lowest BCUT2D eigenvalue weighted by atomic mass is 10.1. The largest absolute Gasteiger partial charge is 0.361 e.